The smallest absolute Gasteiger partial charge is 0.251 e. The normalized spacial score (nSPS) is 16.5. The molecule has 1 aliphatic carbocycles. The van der Waals surface area contributed by atoms with Gasteiger partial charge < -0.3 is 0 Å². The lowest BCUT2D eigenvalue weighted by Gasteiger charge is -2.26. The number of rotatable bonds is 7. The average molecular weight is 490 g/mol. The van der Waals surface area contributed by atoms with Crippen LogP contribution in [0.25, 0.3) is 17.7 Å². The lowest BCUT2D eigenvalue weighted by atomic mass is 10.1. The number of hydrogen-bond acceptors (Lipinski definition) is 5. The van der Waals surface area contributed by atoms with Crippen molar-refractivity contribution in [2.24, 2.45) is 0 Å². The van der Waals surface area contributed by atoms with Crippen LogP contribution in [0, 0.1) is 0 Å². The fourth-order valence-corrected chi connectivity index (χ4v) is 3.70. The number of hydrogen-bond donors (Lipinski definition) is 0. The maximum atomic E-state index is 13.7. The number of allylic oxidation sites excluding steroid dienone is 1. The molecule has 1 saturated carbocycles. The Morgan fingerprint density at radius 3 is 2.31 bits per heavy atom. The number of pyridine rings is 1. The fourth-order valence-electron chi connectivity index (χ4n) is 2.63. The Hall–Kier alpha value is -2.58. The van der Waals surface area contributed by atoms with Gasteiger partial charge in [-0.2, -0.15) is 30.7 Å². The second-order valence-electron chi connectivity index (χ2n) is 6.96. The van der Waals surface area contributed by atoms with Crippen LogP contribution in [0.1, 0.15) is 31.2 Å². The summed E-state index contributed by atoms with van der Waals surface area (Å²) in [5, 5.41) is 3.48. The molecule has 176 valence electrons. The molecule has 0 amide bonds. The van der Waals surface area contributed by atoms with Gasteiger partial charge in [0, 0.05) is 6.20 Å². The van der Waals surface area contributed by atoms with Crippen LogP contribution in [0.4, 0.5) is 35.1 Å². The van der Waals surface area contributed by atoms with Gasteiger partial charge in [-0.25, -0.2) is 22.5 Å². The molecule has 0 N–H and O–H groups in total. The second-order valence-corrected chi connectivity index (χ2v) is 9.21. The van der Waals surface area contributed by atoms with Crippen LogP contribution in [-0.2, 0) is 9.84 Å². The topological polar surface area (TPSA) is 77.7 Å². The quantitative estimate of drug-likeness (QED) is 0.530. The van der Waals surface area contributed by atoms with Crippen molar-refractivity contribution in [2.75, 3.05) is 5.75 Å². The minimum atomic E-state index is -6.72. The van der Waals surface area contributed by atoms with E-state index in [0.717, 1.165) is 12.8 Å². The number of aromatic nitrogens is 4. The maximum Gasteiger partial charge on any atom is 0.460 e. The van der Waals surface area contributed by atoms with Gasteiger partial charge in [0.15, 0.2) is 15.7 Å². The molecule has 0 radical (unpaired) electrons. The van der Waals surface area contributed by atoms with Crippen molar-refractivity contribution in [3.05, 3.63) is 30.0 Å². The number of sulfone groups is 1. The average Bonchev–Trinajstić information content (AvgIpc) is 3.45. The maximum absolute atomic E-state index is 13.7. The van der Waals surface area contributed by atoms with Gasteiger partial charge in [-0.15, -0.1) is 5.10 Å². The Morgan fingerprint density at radius 2 is 1.78 bits per heavy atom. The number of nitrogens with zero attached hydrogens (tertiary/aromatic N) is 4. The first kappa shape index (κ1) is 24.1. The molecule has 0 saturated heterocycles. The van der Waals surface area contributed by atoms with Gasteiger partial charge in [0.1, 0.15) is 12.0 Å². The molecule has 0 unspecified atom stereocenters. The van der Waals surface area contributed by atoms with Crippen LogP contribution in [0.3, 0.4) is 0 Å². The summed E-state index contributed by atoms with van der Waals surface area (Å²) in [6, 6.07) is 1.36. The fraction of sp³-hybridized carbons (Fsp3) is 0.471. The van der Waals surface area contributed by atoms with Crippen LogP contribution < -0.4 is 0 Å². The third-order valence-corrected chi connectivity index (χ3v) is 6.40. The van der Waals surface area contributed by atoms with Gasteiger partial charge >= 0.3 is 18.0 Å². The lowest BCUT2D eigenvalue weighted by molar-refractivity contribution is -0.347. The molecule has 6 nitrogen and oxygen atoms in total. The third kappa shape index (κ3) is 4.21. The SMILES string of the molecule is CCS(=O)(=O)c1cc(C2CC2)cnc1-c1ncn(/C=C(\F)C(F)(F)C(F)(F)C(F)(F)F)n1. The molecular weight excluding hydrogens is 476 g/mol. The lowest BCUT2D eigenvalue weighted by Crippen LogP contribution is -2.52. The standard InChI is InChI=1S/C17H14F8N4O2S/c1-2-32(30,31)11-5-10(9-3-4-9)6-26-13(11)14-27-8-29(28-14)7-12(18)15(19,20)16(21,22)17(23,24)25/h5-9H,2-4H2,1H3/b12-7-. The summed E-state index contributed by atoms with van der Waals surface area (Å²) < 4.78 is 128. The monoisotopic (exact) mass is 490 g/mol. The minimum absolute atomic E-state index is 0.115. The van der Waals surface area contributed by atoms with Crippen LogP contribution >= 0.6 is 0 Å². The first-order valence-corrected chi connectivity index (χ1v) is 10.6. The van der Waals surface area contributed by atoms with E-state index in [4.69, 9.17) is 0 Å². The van der Waals surface area contributed by atoms with Gasteiger partial charge in [0.2, 0.25) is 5.82 Å². The summed E-state index contributed by atoms with van der Waals surface area (Å²) in [5.41, 5.74) is 0.330. The second kappa shape index (κ2) is 7.78. The van der Waals surface area contributed by atoms with Crippen molar-refractivity contribution in [3.8, 4) is 11.5 Å². The summed E-state index contributed by atoms with van der Waals surface area (Å²) in [6.45, 7) is 1.36. The largest absolute Gasteiger partial charge is 0.460 e. The number of alkyl halides is 7. The van der Waals surface area contributed by atoms with E-state index in [9.17, 15) is 43.5 Å². The summed E-state index contributed by atoms with van der Waals surface area (Å²) in [5.74, 6) is -16.7. The van der Waals surface area contributed by atoms with Crippen molar-refractivity contribution >= 4 is 16.0 Å². The van der Waals surface area contributed by atoms with Crippen LogP contribution in [0.15, 0.2) is 29.3 Å². The molecule has 2 aromatic rings. The Kier molecular flexibility index (Phi) is 5.85. The molecule has 1 aliphatic rings. The van der Waals surface area contributed by atoms with Gasteiger partial charge in [0.25, 0.3) is 0 Å². The third-order valence-electron chi connectivity index (χ3n) is 4.65. The highest BCUT2D eigenvalue weighted by molar-refractivity contribution is 7.91. The van der Waals surface area contributed by atoms with Gasteiger partial charge in [-0.05, 0) is 30.4 Å². The zero-order chi connectivity index (χ0) is 24.1. The van der Waals surface area contributed by atoms with E-state index in [0.29, 0.717) is 11.9 Å². The Bertz CT molecular complexity index is 1150. The highest BCUT2D eigenvalue weighted by atomic mass is 32.2. The molecule has 15 heteroatoms. The Morgan fingerprint density at radius 1 is 1.16 bits per heavy atom. The first-order chi connectivity index (χ1) is 14.6. The molecule has 2 aromatic heterocycles. The van der Waals surface area contributed by atoms with E-state index in [-0.39, 0.29) is 26.9 Å². The van der Waals surface area contributed by atoms with E-state index in [1.165, 1.54) is 19.2 Å². The molecule has 0 aliphatic heterocycles. The van der Waals surface area contributed by atoms with Crippen molar-refractivity contribution in [1.82, 2.24) is 19.7 Å². The predicted molar refractivity (Wildman–Crippen MR) is 94.3 cm³/mol. The Labute approximate surface area is 175 Å². The van der Waals surface area contributed by atoms with E-state index in [1.54, 1.807) is 0 Å². The van der Waals surface area contributed by atoms with Crippen molar-refractivity contribution < 1.29 is 43.5 Å². The molecule has 32 heavy (non-hydrogen) atoms. The molecule has 3 rings (SSSR count). The summed E-state index contributed by atoms with van der Waals surface area (Å²) in [7, 11) is -3.86. The highest BCUT2D eigenvalue weighted by Crippen LogP contribution is 2.50. The van der Waals surface area contributed by atoms with Crippen LogP contribution in [-0.4, -0.2) is 51.9 Å². The van der Waals surface area contributed by atoms with E-state index in [2.05, 4.69) is 15.1 Å². The molecule has 0 bridgehead atoms. The molecule has 1 fully saturated rings. The van der Waals surface area contributed by atoms with Crippen molar-refractivity contribution in [2.45, 2.75) is 48.6 Å². The Balaban J connectivity index is 2.01. The number of halogens is 8. The van der Waals surface area contributed by atoms with Crippen LogP contribution in [0.2, 0.25) is 0 Å². The highest BCUT2D eigenvalue weighted by Gasteiger charge is 2.75. The van der Waals surface area contributed by atoms with Crippen LogP contribution in [0.5, 0.6) is 0 Å². The van der Waals surface area contributed by atoms with E-state index >= 15 is 0 Å². The molecular formula is C17H14F8N4O2S. The molecule has 0 spiro atoms. The van der Waals surface area contributed by atoms with E-state index in [1.807, 2.05) is 0 Å². The summed E-state index contributed by atoms with van der Waals surface area (Å²) in [4.78, 5) is 7.30. The first-order valence-electron chi connectivity index (χ1n) is 8.96. The zero-order valence-corrected chi connectivity index (χ0v) is 16.9. The van der Waals surface area contributed by atoms with Gasteiger partial charge in [-0.3, -0.25) is 4.98 Å². The minimum Gasteiger partial charge on any atom is -0.251 e. The van der Waals surface area contributed by atoms with Crippen molar-refractivity contribution in [1.29, 1.82) is 0 Å². The zero-order valence-electron chi connectivity index (χ0n) is 16.0. The summed E-state index contributed by atoms with van der Waals surface area (Å²) in [6.07, 6.45) is -3.58. The van der Waals surface area contributed by atoms with E-state index < -0.39 is 45.7 Å². The van der Waals surface area contributed by atoms with Crippen molar-refractivity contribution in [3.63, 3.8) is 0 Å². The van der Waals surface area contributed by atoms with Gasteiger partial charge in [0.05, 0.1) is 16.8 Å². The predicted octanol–water partition coefficient (Wildman–Crippen LogP) is 4.61. The molecule has 0 atom stereocenters. The molecule has 0 aromatic carbocycles. The van der Waals surface area contributed by atoms with Gasteiger partial charge in [-0.1, -0.05) is 6.92 Å². The molecule has 2 heterocycles. The summed E-state index contributed by atoms with van der Waals surface area (Å²) >= 11 is 0.